The van der Waals surface area contributed by atoms with Crippen LogP contribution in [0.15, 0.2) is 47.5 Å². The molecule has 25 heavy (non-hydrogen) atoms. The van der Waals surface area contributed by atoms with Gasteiger partial charge in [0.25, 0.3) is 11.5 Å². The number of hydrogen-bond donors (Lipinski definition) is 2. The second kappa shape index (κ2) is 8.55. The molecule has 0 bridgehead atoms. The number of benzene rings is 1. The van der Waals surface area contributed by atoms with E-state index in [2.05, 4.69) is 32.3 Å². The summed E-state index contributed by atoms with van der Waals surface area (Å²) in [5.74, 6) is -0.354. The molecule has 7 heteroatoms. The molecule has 1 unspecified atom stereocenters. The molecule has 2 N–H and O–H groups in total. The van der Waals surface area contributed by atoms with Crippen LogP contribution in [0.25, 0.3) is 0 Å². The maximum Gasteiger partial charge on any atom is 0.269 e. The fraction of sp³-hybridized carbons (Fsp3) is 0.389. The lowest BCUT2D eigenvalue weighted by atomic mass is 10.2. The number of ether oxygens (including phenoxy) is 1. The third-order valence-electron chi connectivity index (χ3n) is 4.07. The lowest BCUT2D eigenvalue weighted by Gasteiger charge is -2.24. The van der Waals surface area contributed by atoms with Crippen LogP contribution in [0.5, 0.6) is 0 Å². The van der Waals surface area contributed by atoms with E-state index in [0.717, 1.165) is 32.3 Å². The molecule has 0 radical (unpaired) electrons. The van der Waals surface area contributed by atoms with Crippen LogP contribution in [0.4, 0.5) is 0 Å². The molecule has 1 aliphatic rings. The highest BCUT2D eigenvalue weighted by atomic mass is 16.5. The largest absolute Gasteiger partial charge is 0.375 e. The monoisotopic (exact) mass is 342 g/mol. The van der Waals surface area contributed by atoms with Crippen LogP contribution in [0.3, 0.4) is 0 Å². The van der Waals surface area contributed by atoms with Crippen LogP contribution in [-0.4, -0.2) is 53.1 Å². The first-order valence-corrected chi connectivity index (χ1v) is 8.41. The van der Waals surface area contributed by atoms with E-state index >= 15 is 0 Å². The first-order chi connectivity index (χ1) is 12.2. The van der Waals surface area contributed by atoms with Crippen LogP contribution < -0.4 is 10.9 Å². The molecule has 1 atom stereocenters. The van der Waals surface area contributed by atoms with E-state index < -0.39 is 5.56 Å². The van der Waals surface area contributed by atoms with Gasteiger partial charge in [0.2, 0.25) is 0 Å². The first-order valence-electron chi connectivity index (χ1n) is 8.41. The summed E-state index contributed by atoms with van der Waals surface area (Å²) in [6.45, 7) is 3.65. The number of nitrogens with zero attached hydrogens (tertiary/aromatic N) is 2. The predicted octanol–water partition coefficient (Wildman–Crippen LogP) is 0.791. The standard InChI is InChI=1S/C18H22N4O3/c23-17-11-19-10-16(21-17)18(24)20-9-15-13-22(7-4-8-25-15)12-14-5-2-1-3-6-14/h1-3,5-6,10-11,15H,4,7-9,12-13H2,(H,20,24)(H,21,23). The van der Waals surface area contributed by atoms with Gasteiger partial charge < -0.3 is 15.0 Å². The molecule has 1 amide bonds. The van der Waals surface area contributed by atoms with Crippen molar-refractivity contribution >= 4 is 5.91 Å². The topological polar surface area (TPSA) is 87.3 Å². The minimum absolute atomic E-state index is 0.0847. The highest BCUT2D eigenvalue weighted by Gasteiger charge is 2.20. The zero-order valence-electron chi connectivity index (χ0n) is 14.0. The van der Waals surface area contributed by atoms with Crippen molar-refractivity contribution in [3.63, 3.8) is 0 Å². The Morgan fingerprint density at radius 2 is 2.16 bits per heavy atom. The third-order valence-corrected chi connectivity index (χ3v) is 4.07. The number of hydrogen-bond acceptors (Lipinski definition) is 5. The van der Waals surface area contributed by atoms with E-state index in [0.29, 0.717) is 13.2 Å². The Kier molecular flexibility index (Phi) is 5.92. The molecular formula is C18H22N4O3. The smallest absolute Gasteiger partial charge is 0.269 e. The Labute approximate surface area is 146 Å². The zero-order valence-corrected chi connectivity index (χ0v) is 14.0. The number of aromatic amines is 1. The Bertz CT molecular complexity index is 747. The molecule has 3 rings (SSSR count). The molecule has 1 saturated heterocycles. The molecule has 2 heterocycles. The molecule has 1 aliphatic heterocycles. The Morgan fingerprint density at radius 1 is 1.32 bits per heavy atom. The number of carbonyl (C=O) groups is 1. The molecule has 0 saturated carbocycles. The number of carbonyl (C=O) groups excluding carboxylic acids is 1. The fourth-order valence-corrected chi connectivity index (χ4v) is 2.87. The molecule has 7 nitrogen and oxygen atoms in total. The van der Waals surface area contributed by atoms with Crippen molar-refractivity contribution in [1.82, 2.24) is 20.2 Å². The Morgan fingerprint density at radius 3 is 2.96 bits per heavy atom. The van der Waals surface area contributed by atoms with Gasteiger partial charge in [-0.2, -0.15) is 0 Å². The summed E-state index contributed by atoms with van der Waals surface area (Å²) in [6, 6.07) is 10.3. The summed E-state index contributed by atoms with van der Waals surface area (Å²) in [6.07, 6.45) is 3.35. The first kappa shape index (κ1) is 17.3. The van der Waals surface area contributed by atoms with Crippen molar-refractivity contribution in [3.05, 3.63) is 64.3 Å². The summed E-state index contributed by atoms with van der Waals surface area (Å²) < 4.78 is 5.84. The van der Waals surface area contributed by atoms with Gasteiger partial charge in [-0.1, -0.05) is 30.3 Å². The van der Waals surface area contributed by atoms with Crippen LogP contribution in [0.1, 0.15) is 22.5 Å². The van der Waals surface area contributed by atoms with Gasteiger partial charge in [0.1, 0.15) is 5.69 Å². The van der Waals surface area contributed by atoms with E-state index in [1.807, 2.05) is 18.2 Å². The Balaban J connectivity index is 1.54. The molecule has 0 spiro atoms. The zero-order chi connectivity index (χ0) is 17.5. The summed E-state index contributed by atoms with van der Waals surface area (Å²) in [5, 5.41) is 2.81. The van der Waals surface area contributed by atoms with Crippen LogP contribution in [0.2, 0.25) is 0 Å². The van der Waals surface area contributed by atoms with Gasteiger partial charge in [0, 0.05) is 32.8 Å². The maximum absolute atomic E-state index is 12.1. The molecule has 0 aliphatic carbocycles. The summed E-state index contributed by atoms with van der Waals surface area (Å²) in [5.41, 5.74) is 1.02. The highest BCUT2D eigenvalue weighted by molar-refractivity contribution is 5.91. The number of aromatic nitrogens is 2. The van der Waals surface area contributed by atoms with Crippen molar-refractivity contribution in [2.75, 3.05) is 26.2 Å². The quantitative estimate of drug-likeness (QED) is 0.839. The summed E-state index contributed by atoms with van der Waals surface area (Å²) in [7, 11) is 0. The van der Waals surface area contributed by atoms with E-state index in [9.17, 15) is 9.59 Å². The van der Waals surface area contributed by atoms with Gasteiger partial charge in [-0.25, -0.2) is 0 Å². The SMILES string of the molecule is O=C(NCC1CN(Cc2ccccc2)CCCO1)c1cncc(=O)[nH]1. The van der Waals surface area contributed by atoms with Crippen molar-refractivity contribution in [3.8, 4) is 0 Å². The second-order valence-electron chi connectivity index (χ2n) is 6.09. The van der Waals surface area contributed by atoms with E-state index in [-0.39, 0.29) is 17.7 Å². The average molecular weight is 342 g/mol. The van der Waals surface area contributed by atoms with Crippen LogP contribution >= 0.6 is 0 Å². The average Bonchev–Trinajstić information content (AvgIpc) is 2.85. The number of amides is 1. The Hall–Kier alpha value is -2.51. The molecule has 1 aromatic carbocycles. The van der Waals surface area contributed by atoms with Crippen molar-refractivity contribution < 1.29 is 9.53 Å². The predicted molar refractivity (Wildman–Crippen MR) is 93.3 cm³/mol. The lowest BCUT2D eigenvalue weighted by molar-refractivity contribution is 0.0509. The van der Waals surface area contributed by atoms with Crippen LogP contribution in [-0.2, 0) is 11.3 Å². The van der Waals surface area contributed by atoms with Crippen molar-refractivity contribution in [1.29, 1.82) is 0 Å². The van der Waals surface area contributed by atoms with Crippen LogP contribution in [0, 0.1) is 0 Å². The van der Waals surface area contributed by atoms with Gasteiger partial charge in [0.15, 0.2) is 0 Å². The molecule has 1 fully saturated rings. The highest BCUT2D eigenvalue weighted by Crippen LogP contribution is 2.10. The normalized spacial score (nSPS) is 18.5. The summed E-state index contributed by atoms with van der Waals surface area (Å²) >= 11 is 0. The van der Waals surface area contributed by atoms with E-state index in [4.69, 9.17) is 4.74 Å². The fourth-order valence-electron chi connectivity index (χ4n) is 2.87. The van der Waals surface area contributed by atoms with Gasteiger partial charge in [-0.05, 0) is 12.0 Å². The summed E-state index contributed by atoms with van der Waals surface area (Å²) in [4.78, 5) is 31.9. The van der Waals surface area contributed by atoms with Crippen molar-refractivity contribution in [2.24, 2.45) is 0 Å². The van der Waals surface area contributed by atoms with Gasteiger partial charge in [-0.3, -0.25) is 19.5 Å². The van der Waals surface area contributed by atoms with Gasteiger partial charge in [-0.15, -0.1) is 0 Å². The lowest BCUT2D eigenvalue weighted by Crippen LogP contribution is -2.40. The minimum atomic E-state index is -0.396. The molecule has 132 valence electrons. The number of H-pyrrole nitrogens is 1. The molecular weight excluding hydrogens is 320 g/mol. The molecule has 1 aromatic heterocycles. The third kappa shape index (κ3) is 5.23. The maximum atomic E-state index is 12.1. The molecule has 2 aromatic rings. The van der Waals surface area contributed by atoms with E-state index in [1.54, 1.807) is 0 Å². The number of rotatable bonds is 5. The second-order valence-corrected chi connectivity index (χ2v) is 6.09. The number of nitrogens with one attached hydrogen (secondary N) is 2. The van der Waals surface area contributed by atoms with Crippen molar-refractivity contribution in [2.45, 2.75) is 19.1 Å². The van der Waals surface area contributed by atoms with Gasteiger partial charge >= 0.3 is 0 Å². The van der Waals surface area contributed by atoms with E-state index in [1.165, 1.54) is 11.8 Å². The minimum Gasteiger partial charge on any atom is -0.375 e. The van der Waals surface area contributed by atoms with Gasteiger partial charge in [0.05, 0.1) is 18.5 Å².